The lowest BCUT2D eigenvalue weighted by molar-refractivity contribution is 0.238. The van der Waals surface area contributed by atoms with Gasteiger partial charge in [-0.2, -0.15) is 5.26 Å². The fraction of sp³-hybridized carbons (Fsp3) is 0.941. The van der Waals surface area contributed by atoms with Gasteiger partial charge in [0.15, 0.2) is 0 Å². The molecule has 0 spiro atoms. The average molecular weight is 279 g/mol. The van der Waals surface area contributed by atoms with Crippen LogP contribution in [0.4, 0.5) is 0 Å². The van der Waals surface area contributed by atoms with E-state index in [9.17, 15) is 5.26 Å². The number of rotatable bonds is 9. The van der Waals surface area contributed by atoms with Gasteiger partial charge in [0, 0.05) is 6.04 Å². The van der Waals surface area contributed by atoms with Gasteiger partial charge in [-0.15, -0.1) is 0 Å². The lowest BCUT2D eigenvalue weighted by Crippen LogP contribution is -2.50. The highest BCUT2D eigenvalue weighted by atomic mass is 15.1. The molecular formula is C17H33N3. The topological polar surface area (TPSA) is 39.1 Å². The Morgan fingerprint density at radius 3 is 2.70 bits per heavy atom. The Hall–Kier alpha value is -0.590. The van der Waals surface area contributed by atoms with Crippen LogP contribution in [0.15, 0.2) is 0 Å². The summed E-state index contributed by atoms with van der Waals surface area (Å²) in [6.07, 6.45) is 8.47. The van der Waals surface area contributed by atoms with E-state index < -0.39 is 0 Å². The van der Waals surface area contributed by atoms with E-state index in [0.717, 1.165) is 19.4 Å². The second-order valence-electron chi connectivity index (χ2n) is 6.77. The van der Waals surface area contributed by atoms with Crippen molar-refractivity contribution < 1.29 is 0 Å². The summed E-state index contributed by atoms with van der Waals surface area (Å²) in [5.74, 6) is 0.517. The molecule has 1 aliphatic carbocycles. The van der Waals surface area contributed by atoms with Crippen molar-refractivity contribution in [2.24, 2.45) is 5.92 Å². The maximum absolute atomic E-state index is 9.65. The van der Waals surface area contributed by atoms with Crippen LogP contribution in [0.5, 0.6) is 0 Å². The number of nitriles is 1. The summed E-state index contributed by atoms with van der Waals surface area (Å²) in [4.78, 5) is 2.44. The molecule has 0 aromatic carbocycles. The quantitative estimate of drug-likeness (QED) is 0.656. The summed E-state index contributed by atoms with van der Waals surface area (Å²) < 4.78 is 0. The van der Waals surface area contributed by atoms with Gasteiger partial charge in [0.25, 0.3) is 0 Å². The molecule has 0 aromatic heterocycles. The zero-order valence-electron chi connectivity index (χ0n) is 13.9. The van der Waals surface area contributed by atoms with Crippen molar-refractivity contribution in [2.45, 2.75) is 77.3 Å². The zero-order chi connectivity index (χ0) is 15.0. The van der Waals surface area contributed by atoms with Gasteiger partial charge in [0.05, 0.1) is 6.07 Å². The van der Waals surface area contributed by atoms with Gasteiger partial charge in [-0.1, -0.05) is 26.2 Å². The van der Waals surface area contributed by atoms with Crippen LogP contribution >= 0.6 is 0 Å². The summed E-state index contributed by atoms with van der Waals surface area (Å²) >= 11 is 0. The molecule has 3 nitrogen and oxygen atoms in total. The predicted molar refractivity (Wildman–Crippen MR) is 85.6 cm³/mol. The van der Waals surface area contributed by atoms with Gasteiger partial charge in [0.2, 0.25) is 0 Å². The van der Waals surface area contributed by atoms with Crippen molar-refractivity contribution in [3.63, 3.8) is 0 Å². The molecule has 1 rings (SSSR count). The van der Waals surface area contributed by atoms with Crippen LogP contribution in [0.25, 0.3) is 0 Å². The van der Waals surface area contributed by atoms with Crippen LogP contribution in [0.1, 0.15) is 65.7 Å². The van der Waals surface area contributed by atoms with Crippen molar-refractivity contribution in [3.8, 4) is 6.07 Å². The molecule has 0 saturated heterocycles. The summed E-state index contributed by atoms with van der Waals surface area (Å²) in [7, 11) is 2.22. The van der Waals surface area contributed by atoms with Crippen molar-refractivity contribution in [2.75, 3.05) is 20.1 Å². The number of hydrogen-bond acceptors (Lipinski definition) is 3. The normalized spacial score (nSPS) is 26.4. The molecule has 0 radical (unpaired) electrons. The van der Waals surface area contributed by atoms with Crippen LogP contribution in [0.2, 0.25) is 0 Å². The predicted octanol–water partition coefficient (Wildman–Crippen LogP) is 3.56. The first kappa shape index (κ1) is 17.5. The third-order valence-corrected chi connectivity index (χ3v) is 4.57. The van der Waals surface area contributed by atoms with Crippen molar-refractivity contribution in [1.29, 1.82) is 5.26 Å². The second-order valence-corrected chi connectivity index (χ2v) is 6.77. The molecule has 1 saturated carbocycles. The van der Waals surface area contributed by atoms with Crippen molar-refractivity contribution >= 4 is 0 Å². The Labute approximate surface area is 125 Å². The van der Waals surface area contributed by atoms with E-state index in [2.05, 4.69) is 44.1 Å². The van der Waals surface area contributed by atoms with Gasteiger partial charge >= 0.3 is 0 Å². The zero-order valence-corrected chi connectivity index (χ0v) is 13.9. The molecular weight excluding hydrogens is 246 g/mol. The minimum atomic E-state index is -0.265. The molecule has 0 heterocycles. The molecule has 3 heteroatoms. The van der Waals surface area contributed by atoms with Crippen LogP contribution in [0, 0.1) is 17.2 Å². The molecule has 1 aliphatic rings. The van der Waals surface area contributed by atoms with Crippen molar-refractivity contribution in [3.05, 3.63) is 0 Å². The van der Waals surface area contributed by atoms with E-state index in [-0.39, 0.29) is 5.54 Å². The first-order valence-electron chi connectivity index (χ1n) is 8.41. The Bertz CT molecular complexity index is 308. The van der Waals surface area contributed by atoms with E-state index in [0.29, 0.717) is 12.0 Å². The molecule has 1 N–H and O–H groups in total. The standard InChI is InChI=1S/C17H33N3/c1-5-6-7-12-20(4)13-10-16-9-8-11-17(16,14-18)19-15(2)3/h15-16,19H,5-13H2,1-4H3. The highest BCUT2D eigenvalue weighted by Crippen LogP contribution is 2.38. The molecule has 2 unspecified atom stereocenters. The maximum Gasteiger partial charge on any atom is 0.109 e. The van der Waals surface area contributed by atoms with E-state index >= 15 is 0 Å². The Morgan fingerprint density at radius 1 is 1.35 bits per heavy atom. The number of nitrogens with zero attached hydrogens (tertiary/aromatic N) is 2. The van der Waals surface area contributed by atoms with Crippen LogP contribution in [-0.2, 0) is 0 Å². The molecule has 116 valence electrons. The Balaban J connectivity index is 2.43. The summed E-state index contributed by atoms with van der Waals surface area (Å²) in [6.45, 7) is 8.85. The van der Waals surface area contributed by atoms with Crippen molar-refractivity contribution in [1.82, 2.24) is 10.2 Å². The summed E-state index contributed by atoms with van der Waals surface area (Å²) in [6, 6.07) is 2.99. The first-order chi connectivity index (χ1) is 9.54. The van der Waals surface area contributed by atoms with Crippen LogP contribution < -0.4 is 5.32 Å². The van der Waals surface area contributed by atoms with Crippen LogP contribution in [0.3, 0.4) is 0 Å². The first-order valence-corrected chi connectivity index (χ1v) is 8.41. The van der Waals surface area contributed by atoms with E-state index in [4.69, 9.17) is 0 Å². The Kier molecular flexibility index (Phi) is 7.55. The van der Waals surface area contributed by atoms with Gasteiger partial charge < -0.3 is 4.90 Å². The van der Waals surface area contributed by atoms with Gasteiger partial charge in [-0.05, 0) is 65.6 Å². The van der Waals surface area contributed by atoms with Gasteiger partial charge in [0.1, 0.15) is 5.54 Å². The third-order valence-electron chi connectivity index (χ3n) is 4.57. The third kappa shape index (κ3) is 5.07. The SMILES string of the molecule is CCCCCN(C)CCC1CCCC1(C#N)NC(C)C. The molecule has 20 heavy (non-hydrogen) atoms. The molecule has 1 fully saturated rings. The monoisotopic (exact) mass is 279 g/mol. The summed E-state index contributed by atoms with van der Waals surface area (Å²) in [5, 5.41) is 13.2. The fourth-order valence-electron chi connectivity index (χ4n) is 3.47. The van der Waals surface area contributed by atoms with E-state index in [1.807, 2.05) is 0 Å². The molecule has 0 amide bonds. The second kappa shape index (κ2) is 8.64. The highest BCUT2D eigenvalue weighted by Gasteiger charge is 2.43. The van der Waals surface area contributed by atoms with E-state index in [1.165, 1.54) is 38.6 Å². The number of nitrogens with one attached hydrogen (secondary N) is 1. The molecule has 0 aliphatic heterocycles. The summed E-state index contributed by atoms with van der Waals surface area (Å²) in [5.41, 5.74) is -0.265. The number of unbranched alkanes of at least 4 members (excludes halogenated alkanes) is 2. The maximum atomic E-state index is 9.65. The average Bonchev–Trinajstić information content (AvgIpc) is 2.79. The molecule has 2 atom stereocenters. The highest BCUT2D eigenvalue weighted by molar-refractivity contribution is 5.14. The smallest absolute Gasteiger partial charge is 0.109 e. The fourth-order valence-corrected chi connectivity index (χ4v) is 3.47. The van der Waals surface area contributed by atoms with Gasteiger partial charge in [-0.25, -0.2) is 0 Å². The lowest BCUT2D eigenvalue weighted by atomic mass is 9.85. The Morgan fingerprint density at radius 2 is 2.10 bits per heavy atom. The largest absolute Gasteiger partial charge is 0.306 e. The molecule has 0 aromatic rings. The minimum absolute atomic E-state index is 0.265. The minimum Gasteiger partial charge on any atom is -0.306 e. The van der Waals surface area contributed by atoms with Crippen LogP contribution in [-0.4, -0.2) is 36.6 Å². The molecule has 0 bridgehead atoms. The number of hydrogen-bond donors (Lipinski definition) is 1. The van der Waals surface area contributed by atoms with E-state index in [1.54, 1.807) is 0 Å². The van der Waals surface area contributed by atoms with Gasteiger partial charge in [-0.3, -0.25) is 5.32 Å². The lowest BCUT2D eigenvalue weighted by Gasteiger charge is -2.33.